The lowest BCUT2D eigenvalue weighted by Crippen LogP contribution is -2.37. The number of hydrogen-bond donors (Lipinski definition) is 2. The summed E-state index contributed by atoms with van der Waals surface area (Å²) < 4.78 is 5.05. The molecule has 1 aromatic carbocycles. The highest BCUT2D eigenvalue weighted by Crippen LogP contribution is 2.18. The van der Waals surface area contributed by atoms with Crippen molar-refractivity contribution in [1.82, 2.24) is 10.6 Å². The standard InChI is InChI=1S/C15H18N2O3/c1-20-13-7-2-11(3-8-13)4-9-14(18)16-10-15(19)17-12-5-6-12/h2-4,7-9,12H,5-6,10H2,1H3,(H,16,18)(H,17,19)/b9-4+. The number of hydrogen-bond acceptors (Lipinski definition) is 3. The molecule has 0 radical (unpaired) electrons. The first-order valence-electron chi connectivity index (χ1n) is 6.56. The fourth-order valence-electron chi connectivity index (χ4n) is 1.62. The Morgan fingerprint density at radius 2 is 2.00 bits per heavy atom. The van der Waals surface area contributed by atoms with Crippen LogP contribution >= 0.6 is 0 Å². The summed E-state index contributed by atoms with van der Waals surface area (Å²) in [7, 11) is 1.60. The number of carbonyl (C=O) groups excluding carboxylic acids is 2. The third-order valence-corrected chi connectivity index (χ3v) is 2.91. The minimum atomic E-state index is -0.285. The average Bonchev–Trinajstić information content (AvgIpc) is 3.27. The molecule has 106 valence electrons. The van der Waals surface area contributed by atoms with Crippen molar-refractivity contribution in [2.24, 2.45) is 0 Å². The summed E-state index contributed by atoms with van der Waals surface area (Å²) in [5.41, 5.74) is 0.892. The van der Waals surface area contributed by atoms with Gasteiger partial charge >= 0.3 is 0 Å². The van der Waals surface area contributed by atoms with Gasteiger partial charge < -0.3 is 15.4 Å². The Bertz CT molecular complexity index is 504. The lowest BCUT2D eigenvalue weighted by Gasteiger charge is -2.03. The molecule has 0 spiro atoms. The Kier molecular flexibility index (Phi) is 4.76. The van der Waals surface area contributed by atoms with Gasteiger partial charge in [-0.25, -0.2) is 0 Å². The second kappa shape index (κ2) is 6.75. The van der Waals surface area contributed by atoms with E-state index in [4.69, 9.17) is 4.74 Å². The molecule has 0 atom stereocenters. The van der Waals surface area contributed by atoms with Gasteiger partial charge in [0.05, 0.1) is 13.7 Å². The molecule has 1 fully saturated rings. The summed E-state index contributed by atoms with van der Waals surface area (Å²) in [5.74, 6) is 0.341. The molecule has 0 bridgehead atoms. The summed E-state index contributed by atoms with van der Waals surface area (Å²) in [6.45, 7) is 0.0162. The summed E-state index contributed by atoms with van der Waals surface area (Å²) in [6, 6.07) is 7.65. The number of ether oxygens (including phenoxy) is 1. The molecule has 0 saturated heterocycles. The molecule has 20 heavy (non-hydrogen) atoms. The van der Waals surface area contributed by atoms with E-state index in [0.717, 1.165) is 24.2 Å². The van der Waals surface area contributed by atoms with E-state index in [9.17, 15) is 9.59 Å². The number of carbonyl (C=O) groups is 2. The van der Waals surface area contributed by atoms with Gasteiger partial charge in [0.2, 0.25) is 11.8 Å². The molecule has 1 aliphatic carbocycles. The maximum Gasteiger partial charge on any atom is 0.244 e. The predicted molar refractivity (Wildman–Crippen MR) is 76.2 cm³/mol. The van der Waals surface area contributed by atoms with Crippen molar-refractivity contribution >= 4 is 17.9 Å². The highest BCUT2D eigenvalue weighted by atomic mass is 16.5. The van der Waals surface area contributed by atoms with E-state index in [2.05, 4.69) is 10.6 Å². The quantitative estimate of drug-likeness (QED) is 0.763. The van der Waals surface area contributed by atoms with Gasteiger partial charge in [0.15, 0.2) is 0 Å². The van der Waals surface area contributed by atoms with E-state index in [1.54, 1.807) is 13.2 Å². The molecular formula is C15H18N2O3. The van der Waals surface area contributed by atoms with Gasteiger partial charge in [-0.05, 0) is 36.6 Å². The predicted octanol–water partition coefficient (Wildman–Crippen LogP) is 1.10. The van der Waals surface area contributed by atoms with Crippen LogP contribution in [0, 0.1) is 0 Å². The number of benzene rings is 1. The van der Waals surface area contributed by atoms with Crippen molar-refractivity contribution < 1.29 is 14.3 Å². The molecule has 1 aromatic rings. The summed E-state index contributed by atoms with van der Waals surface area (Å²) >= 11 is 0. The van der Waals surface area contributed by atoms with Crippen LogP contribution < -0.4 is 15.4 Å². The molecule has 2 amide bonds. The van der Waals surface area contributed by atoms with Crippen LogP contribution in [0.4, 0.5) is 0 Å². The Labute approximate surface area is 118 Å². The smallest absolute Gasteiger partial charge is 0.244 e. The topological polar surface area (TPSA) is 67.4 Å². The zero-order chi connectivity index (χ0) is 14.4. The van der Waals surface area contributed by atoms with Crippen molar-refractivity contribution in [3.8, 4) is 5.75 Å². The van der Waals surface area contributed by atoms with Crippen molar-refractivity contribution in [2.45, 2.75) is 18.9 Å². The van der Waals surface area contributed by atoms with Gasteiger partial charge in [-0.15, -0.1) is 0 Å². The molecule has 1 saturated carbocycles. The van der Waals surface area contributed by atoms with Gasteiger partial charge in [-0.3, -0.25) is 9.59 Å². The van der Waals surface area contributed by atoms with Crippen molar-refractivity contribution in [1.29, 1.82) is 0 Å². The number of amides is 2. The third-order valence-electron chi connectivity index (χ3n) is 2.91. The van der Waals surface area contributed by atoms with Crippen LogP contribution in [0.25, 0.3) is 6.08 Å². The van der Waals surface area contributed by atoms with Crippen LogP contribution in [0.15, 0.2) is 30.3 Å². The maximum absolute atomic E-state index is 11.5. The van der Waals surface area contributed by atoms with Crippen LogP contribution in [-0.4, -0.2) is 31.5 Å². The van der Waals surface area contributed by atoms with Crippen molar-refractivity contribution in [2.75, 3.05) is 13.7 Å². The molecule has 5 nitrogen and oxygen atoms in total. The lowest BCUT2D eigenvalue weighted by molar-refractivity contribution is -0.124. The Morgan fingerprint density at radius 3 is 2.60 bits per heavy atom. The molecule has 0 aromatic heterocycles. The second-order valence-corrected chi connectivity index (χ2v) is 4.67. The SMILES string of the molecule is COc1ccc(/C=C/C(=O)NCC(=O)NC2CC2)cc1. The maximum atomic E-state index is 11.5. The number of methoxy groups -OCH3 is 1. The molecule has 2 rings (SSSR count). The van der Waals surface area contributed by atoms with E-state index in [1.165, 1.54) is 6.08 Å². The summed E-state index contributed by atoms with van der Waals surface area (Å²) in [5, 5.41) is 5.35. The second-order valence-electron chi connectivity index (χ2n) is 4.67. The largest absolute Gasteiger partial charge is 0.497 e. The first-order valence-corrected chi connectivity index (χ1v) is 6.56. The van der Waals surface area contributed by atoms with Crippen molar-refractivity contribution in [3.63, 3.8) is 0 Å². The highest BCUT2D eigenvalue weighted by molar-refractivity contribution is 5.94. The average molecular weight is 274 g/mol. The van der Waals surface area contributed by atoms with Gasteiger partial charge in [0.1, 0.15) is 5.75 Å². The molecule has 1 aliphatic rings. The fraction of sp³-hybridized carbons (Fsp3) is 0.333. The number of rotatable bonds is 6. The van der Waals surface area contributed by atoms with E-state index in [-0.39, 0.29) is 18.4 Å². The molecule has 2 N–H and O–H groups in total. The lowest BCUT2D eigenvalue weighted by atomic mass is 10.2. The van der Waals surface area contributed by atoms with E-state index in [0.29, 0.717) is 6.04 Å². The van der Waals surface area contributed by atoms with Crippen LogP contribution in [-0.2, 0) is 9.59 Å². The van der Waals surface area contributed by atoms with Crippen LogP contribution in [0.1, 0.15) is 18.4 Å². The van der Waals surface area contributed by atoms with Crippen LogP contribution in [0.2, 0.25) is 0 Å². The first-order chi connectivity index (χ1) is 9.67. The highest BCUT2D eigenvalue weighted by Gasteiger charge is 2.22. The third kappa shape index (κ3) is 4.76. The molecule has 0 unspecified atom stereocenters. The monoisotopic (exact) mass is 274 g/mol. The summed E-state index contributed by atoms with van der Waals surface area (Å²) in [6.07, 6.45) is 5.17. The summed E-state index contributed by atoms with van der Waals surface area (Å²) in [4.78, 5) is 22.9. The molecular weight excluding hydrogens is 256 g/mol. The molecule has 5 heteroatoms. The van der Waals surface area contributed by atoms with E-state index in [1.807, 2.05) is 24.3 Å². The van der Waals surface area contributed by atoms with E-state index >= 15 is 0 Å². The van der Waals surface area contributed by atoms with Gasteiger partial charge in [-0.1, -0.05) is 12.1 Å². The zero-order valence-electron chi connectivity index (χ0n) is 11.4. The van der Waals surface area contributed by atoms with Gasteiger partial charge in [-0.2, -0.15) is 0 Å². The van der Waals surface area contributed by atoms with Crippen LogP contribution in [0.3, 0.4) is 0 Å². The fourth-order valence-corrected chi connectivity index (χ4v) is 1.62. The van der Waals surface area contributed by atoms with Crippen molar-refractivity contribution in [3.05, 3.63) is 35.9 Å². The van der Waals surface area contributed by atoms with Gasteiger partial charge in [0, 0.05) is 12.1 Å². The zero-order valence-corrected chi connectivity index (χ0v) is 11.4. The minimum Gasteiger partial charge on any atom is -0.497 e. The van der Waals surface area contributed by atoms with E-state index < -0.39 is 0 Å². The molecule has 0 aliphatic heterocycles. The number of nitrogens with one attached hydrogen (secondary N) is 2. The normalized spacial score (nSPS) is 14.1. The molecule has 0 heterocycles. The Hall–Kier alpha value is -2.30. The minimum absolute atomic E-state index is 0.0162. The van der Waals surface area contributed by atoms with Crippen LogP contribution in [0.5, 0.6) is 5.75 Å². The Morgan fingerprint density at radius 1 is 1.30 bits per heavy atom. The Balaban J connectivity index is 1.74. The first kappa shape index (κ1) is 14.1. The van der Waals surface area contributed by atoms with Gasteiger partial charge in [0.25, 0.3) is 0 Å².